The SMILES string of the molecule is CCCOc1ccccc1N1C(=O)C(c2ccc(F)cc2)=C(N2CCN(CCO)CC2)C1=O. The molecule has 1 saturated heterocycles. The number of carbonyl (C=O) groups is 2. The van der Waals surface area contributed by atoms with E-state index in [0.717, 1.165) is 6.42 Å². The number of anilines is 1. The summed E-state index contributed by atoms with van der Waals surface area (Å²) in [5.74, 6) is -0.812. The summed E-state index contributed by atoms with van der Waals surface area (Å²) in [5, 5.41) is 9.22. The summed E-state index contributed by atoms with van der Waals surface area (Å²) in [6.07, 6.45) is 0.790. The molecule has 0 atom stereocenters. The van der Waals surface area contributed by atoms with Gasteiger partial charge in [-0.3, -0.25) is 14.5 Å². The molecule has 1 fully saturated rings. The molecule has 0 bridgehead atoms. The Morgan fingerprint density at radius 1 is 0.970 bits per heavy atom. The molecule has 0 aromatic heterocycles. The van der Waals surface area contributed by atoms with Crippen LogP contribution in [0.1, 0.15) is 18.9 Å². The second kappa shape index (κ2) is 10.1. The van der Waals surface area contributed by atoms with Crippen LogP contribution in [-0.4, -0.2) is 72.7 Å². The molecule has 0 spiro atoms. The van der Waals surface area contributed by atoms with Gasteiger partial charge in [-0.15, -0.1) is 0 Å². The summed E-state index contributed by atoms with van der Waals surface area (Å²) in [7, 11) is 0. The molecule has 1 N–H and O–H groups in total. The second-order valence-electron chi connectivity index (χ2n) is 8.04. The van der Waals surface area contributed by atoms with Crippen molar-refractivity contribution in [3.8, 4) is 5.75 Å². The molecule has 4 rings (SSSR count). The van der Waals surface area contributed by atoms with Crippen molar-refractivity contribution >= 4 is 23.1 Å². The van der Waals surface area contributed by atoms with Crippen molar-refractivity contribution in [3.05, 3.63) is 65.6 Å². The van der Waals surface area contributed by atoms with Crippen LogP contribution in [0.25, 0.3) is 5.57 Å². The molecule has 2 aromatic carbocycles. The van der Waals surface area contributed by atoms with Crippen LogP contribution < -0.4 is 9.64 Å². The third-order valence-electron chi connectivity index (χ3n) is 5.86. The maximum atomic E-state index is 13.7. The van der Waals surface area contributed by atoms with Crippen molar-refractivity contribution in [2.75, 3.05) is 50.8 Å². The number of nitrogens with zero attached hydrogens (tertiary/aromatic N) is 3. The van der Waals surface area contributed by atoms with Crippen LogP contribution in [0.4, 0.5) is 10.1 Å². The van der Waals surface area contributed by atoms with E-state index in [-0.39, 0.29) is 12.2 Å². The number of benzene rings is 2. The van der Waals surface area contributed by atoms with E-state index in [1.807, 2.05) is 11.8 Å². The lowest BCUT2D eigenvalue weighted by atomic mass is 10.0. The van der Waals surface area contributed by atoms with E-state index >= 15 is 0 Å². The Morgan fingerprint density at radius 3 is 2.33 bits per heavy atom. The Bertz CT molecular complexity index is 1050. The summed E-state index contributed by atoms with van der Waals surface area (Å²) in [6.45, 7) is 5.50. The predicted octanol–water partition coefficient (Wildman–Crippen LogP) is 2.51. The molecule has 2 aromatic rings. The third-order valence-corrected chi connectivity index (χ3v) is 5.86. The van der Waals surface area contributed by atoms with Gasteiger partial charge in [0.25, 0.3) is 11.8 Å². The predicted molar refractivity (Wildman–Crippen MR) is 123 cm³/mol. The number of carbonyl (C=O) groups excluding carboxylic acids is 2. The van der Waals surface area contributed by atoms with Crippen LogP contribution >= 0.6 is 0 Å². The molecule has 0 aliphatic carbocycles. The highest BCUT2D eigenvalue weighted by Crippen LogP contribution is 2.39. The van der Waals surface area contributed by atoms with Gasteiger partial charge >= 0.3 is 0 Å². The van der Waals surface area contributed by atoms with Gasteiger partial charge in [-0.1, -0.05) is 31.2 Å². The van der Waals surface area contributed by atoms with Crippen LogP contribution in [-0.2, 0) is 9.59 Å². The number of amides is 2. The third kappa shape index (κ3) is 4.62. The van der Waals surface area contributed by atoms with Gasteiger partial charge in [0.1, 0.15) is 17.3 Å². The van der Waals surface area contributed by atoms with Crippen molar-refractivity contribution in [2.24, 2.45) is 0 Å². The molecular weight excluding hydrogens is 425 g/mol. The number of rotatable bonds is 8. The molecule has 33 heavy (non-hydrogen) atoms. The molecule has 0 unspecified atom stereocenters. The standard InChI is InChI=1S/C25H28FN3O4/c1-2-17-33-21-6-4-3-5-20(21)29-24(31)22(18-7-9-19(26)10-8-18)23(25(29)32)28-13-11-27(12-14-28)15-16-30/h3-10,30H,2,11-17H2,1H3. The summed E-state index contributed by atoms with van der Waals surface area (Å²) < 4.78 is 19.4. The van der Waals surface area contributed by atoms with Crippen LogP contribution in [0.2, 0.25) is 0 Å². The van der Waals surface area contributed by atoms with Crippen molar-refractivity contribution in [3.63, 3.8) is 0 Å². The van der Waals surface area contributed by atoms with Crippen LogP contribution in [0, 0.1) is 5.82 Å². The number of imide groups is 1. The van der Waals surface area contributed by atoms with Gasteiger partial charge in [0.2, 0.25) is 0 Å². The van der Waals surface area contributed by atoms with Crippen molar-refractivity contribution < 1.29 is 23.8 Å². The highest BCUT2D eigenvalue weighted by Gasteiger charge is 2.44. The summed E-state index contributed by atoms with van der Waals surface area (Å²) in [5.41, 5.74) is 1.48. The number of aliphatic hydroxyl groups is 1. The molecule has 2 aliphatic rings. The fraction of sp³-hybridized carbons (Fsp3) is 0.360. The number of piperazine rings is 1. The van der Waals surface area contributed by atoms with Gasteiger partial charge in [-0.05, 0) is 36.2 Å². The number of hydrogen-bond donors (Lipinski definition) is 1. The quantitative estimate of drug-likeness (QED) is 0.620. The molecule has 2 heterocycles. The van der Waals surface area contributed by atoms with E-state index in [9.17, 15) is 19.1 Å². The number of halogens is 1. The molecule has 0 saturated carbocycles. The minimum absolute atomic E-state index is 0.0727. The average Bonchev–Trinajstić information content (AvgIpc) is 3.09. The van der Waals surface area contributed by atoms with Gasteiger partial charge < -0.3 is 14.7 Å². The van der Waals surface area contributed by atoms with Crippen molar-refractivity contribution in [1.29, 1.82) is 0 Å². The Labute approximate surface area is 192 Å². The summed E-state index contributed by atoms with van der Waals surface area (Å²) in [4.78, 5) is 32.6. The normalized spacial score (nSPS) is 17.3. The molecule has 174 valence electrons. The van der Waals surface area contributed by atoms with Gasteiger partial charge in [0.05, 0.1) is 24.5 Å². The lowest BCUT2D eigenvalue weighted by Crippen LogP contribution is -2.48. The monoisotopic (exact) mass is 453 g/mol. The van der Waals surface area contributed by atoms with Crippen molar-refractivity contribution in [2.45, 2.75) is 13.3 Å². The summed E-state index contributed by atoms with van der Waals surface area (Å²) in [6, 6.07) is 12.6. The average molecular weight is 454 g/mol. The summed E-state index contributed by atoms with van der Waals surface area (Å²) >= 11 is 0. The first-order valence-electron chi connectivity index (χ1n) is 11.2. The fourth-order valence-corrected chi connectivity index (χ4v) is 4.22. The molecule has 8 heteroatoms. The first-order chi connectivity index (χ1) is 16.0. The largest absolute Gasteiger partial charge is 0.491 e. The first kappa shape index (κ1) is 22.9. The lowest BCUT2D eigenvalue weighted by Gasteiger charge is -2.36. The number of hydrogen-bond acceptors (Lipinski definition) is 6. The molecule has 7 nitrogen and oxygen atoms in total. The Hall–Kier alpha value is -3.23. The zero-order valence-electron chi connectivity index (χ0n) is 18.7. The van der Waals surface area contributed by atoms with E-state index in [4.69, 9.17) is 4.74 Å². The van der Waals surface area contributed by atoms with E-state index in [2.05, 4.69) is 4.90 Å². The van der Waals surface area contributed by atoms with Crippen LogP contribution in [0.5, 0.6) is 5.75 Å². The van der Waals surface area contributed by atoms with Gasteiger partial charge in [-0.2, -0.15) is 0 Å². The van der Waals surface area contributed by atoms with E-state index in [1.165, 1.54) is 29.2 Å². The number of β-amino-alcohol motifs (C(OH)–C–C–N with tert-alkyl or cyclic N) is 1. The smallest absolute Gasteiger partial charge is 0.282 e. The second-order valence-corrected chi connectivity index (χ2v) is 8.04. The van der Waals surface area contributed by atoms with Crippen LogP contribution in [0.3, 0.4) is 0 Å². The maximum absolute atomic E-state index is 13.7. The Morgan fingerprint density at radius 2 is 1.67 bits per heavy atom. The van der Waals surface area contributed by atoms with Crippen molar-refractivity contribution in [1.82, 2.24) is 9.80 Å². The molecule has 2 aliphatic heterocycles. The molecule has 0 radical (unpaired) electrons. The zero-order valence-corrected chi connectivity index (χ0v) is 18.7. The lowest BCUT2D eigenvalue weighted by molar-refractivity contribution is -0.120. The first-order valence-corrected chi connectivity index (χ1v) is 11.2. The fourth-order valence-electron chi connectivity index (χ4n) is 4.22. The van der Waals surface area contributed by atoms with Gasteiger partial charge in [-0.25, -0.2) is 9.29 Å². The van der Waals surface area contributed by atoms with Crippen LogP contribution in [0.15, 0.2) is 54.2 Å². The highest BCUT2D eigenvalue weighted by molar-refractivity contribution is 6.45. The number of ether oxygens (including phenoxy) is 1. The van der Waals surface area contributed by atoms with E-state index < -0.39 is 17.6 Å². The highest BCUT2D eigenvalue weighted by atomic mass is 19.1. The maximum Gasteiger partial charge on any atom is 0.282 e. The number of aliphatic hydroxyl groups excluding tert-OH is 1. The van der Waals surface area contributed by atoms with Gasteiger partial charge in [0, 0.05) is 32.7 Å². The van der Waals surface area contributed by atoms with Gasteiger partial charge in [0.15, 0.2) is 0 Å². The molecule has 2 amide bonds. The van der Waals surface area contributed by atoms with E-state index in [0.29, 0.717) is 62.0 Å². The topological polar surface area (TPSA) is 73.3 Å². The Kier molecular flexibility index (Phi) is 7.05. The minimum Gasteiger partial charge on any atom is -0.491 e. The number of para-hydroxylation sites is 2. The molecular formula is C25H28FN3O4. The Balaban J connectivity index is 1.74. The minimum atomic E-state index is -0.452. The zero-order chi connectivity index (χ0) is 23.4. The van der Waals surface area contributed by atoms with E-state index in [1.54, 1.807) is 24.3 Å².